The largest absolute Gasteiger partial charge is 0.454 e. The lowest BCUT2D eigenvalue weighted by Gasteiger charge is -2.55. The first-order valence-corrected chi connectivity index (χ1v) is 11.6. The Labute approximate surface area is 191 Å². The summed E-state index contributed by atoms with van der Waals surface area (Å²) in [4.78, 5) is 25.6. The predicted molar refractivity (Wildman–Crippen MR) is 119 cm³/mol. The van der Waals surface area contributed by atoms with Crippen molar-refractivity contribution in [3.8, 4) is 0 Å². The van der Waals surface area contributed by atoms with Gasteiger partial charge in [0.2, 0.25) is 0 Å². The minimum Gasteiger partial charge on any atom is -0.454 e. The van der Waals surface area contributed by atoms with Gasteiger partial charge < -0.3 is 24.1 Å². The Bertz CT molecular complexity index is 802. The minimum atomic E-state index is -0.932. The molecule has 2 aliphatic carbocycles. The van der Waals surface area contributed by atoms with Crippen molar-refractivity contribution in [2.75, 3.05) is 20.8 Å². The Hall–Kier alpha value is -1.28. The van der Waals surface area contributed by atoms with Crippen LogP contribution in [0.25, 0.3) is 0 Å². The van der Waals surface area contributed by atoms with Crippen molar-refractivity contribution >= 4 is 11.8 Å². The number of ketones is 1. The molecule has 7 nitrogen and oxygen atoms in total. The van der Waals surface area contributed by atoms with Crippen molar-refractivity contribution in [3.05, 3.63) is 11.1 Å². The number of carbonyl (C=O) groups is 2. The fourth-order valence-corrected chi connectivity index (χ4v) is 6.17. The minimum absolute atomic E-state index is 0.0354. The number of rotatable bonds is 6. The van der Waals surface area contributed by atoms with Gasteiger partial charge in [-0.25, -0.2) is 0 Å². The van der Waals surface area contributed by atoms with E-state index in [2.05, 4.69) is 0 Å². The van der Waals surface area contributed by atoms with Gasteiger partial charge in [-0.1, -0.05) is 26.3 Å². The zero-order chi connectivity index (χ0) is 24.1. The summed E-state index contributed by atoms with van der Waals surface area (Å²) in [5, 5.41) is 11.7. The summed E-state index contributed by atoms with van der Waals surface area (Å²) in [5.74, 6) is -0.395. The number of esters is 1. The third kappa shape index (κ3) is 3.85. The van der Waals surface area contributed by atoms with Crippen molar-refractivity contribution in [1.82, 2.24) is 0 Å². The second-order valence-electron chi connectivity index (χ2n) is 10.9. The van der Waals surface area contributed by atoms with Gasteiger partial charge in [0, 0.05) is 33.0 Å². The highest BCUT2D eigenvalue weighted by atomic mass is 16.6. The molecule has 182 valence electrons. The van der Waals surface area contributed by atoms with E-state index < -0.39 is 34.2 Å². The normalized spacial score (nSPS) is 40.2. The van der Waals surface area contributed by atoms with Crippen molar-refractivity contribution in [2.45, 2.75) is 103 Å². The Balaban J connectivity index is 1.98. The van der Waals surface area contributed by atoms with Crippen LogP contribution < -0.4 is 0 Å². The van der Waals surface area contributed by atoms with Gasteiger partial charge in [-0.2, -0.15) is 0 Å². The Morgan fingerprint density at radius 2 is 1.84 bits per heavy atom. The zero-order valence-corrected chi connectivity index (χ0v) is 20.9. The number of carbonyl (C=O) groups excluding carboxylic acids is 2. The summed E-state index contributed by atoms with van der Waals surface area (Å²) in [7, 11) is 3.15. The molecule has 3 aliphatic rings. The molecular formula is C25H40O7. The molecule has 0 spiro atoms. The topological polar surface area (TPSA) is 91.3 Å². The number of ether oxygens (including phenoxy) is 4. The number of hydrogen-bond acceptors (Lipinski definition) is 7. The first-order valence-electron chi connectivity index (χ1n) is 11.6. The Morgan fingerprint density at radius 3 is 2.34 bits per heavy atom. The molecule has 0 amide bonds. The number of fused-ring (bicyclic) bond motifs is 2. The van der Waals surface area contributed by atoms with Crippen LogP contribution in [0.4, 0.5) is 0 Å². The second kappa shape index (κ2) is 8.49. The summed E-state index contributed by atoms with van der Waals surface area (Å²) in [6.45, 7) is 11.5. The predicted octanol–water partition coefficient (Wildman–Crippen LogP) is 3.36. The van der Waals surface area contributed by atoms with E-state index in [1.165, 1.54) is 6.92 Å². The third-order valence-corrected chi connectivity index (χ3v) is 8.62. The molecule has 2 fully saturated rings. The molecular weight excluding hydrogens is 412 g/mol. The van der Waals surface area contributed by atoms with E-state index in [0.717, 1.165) is 17.6 Å². The van der Waals surface area contributed by atoms with Crippen LogP contribution in [-0.2, 0) is 28.5 Å². The first kappa shape index (κ1) is 25.3. The molecule has 1 saturated carbocycles. The summed E-state index contributed by atoms with van der Waals surface area (Å²) in [6, 6.07) is 0. The maximum atomic E-state index is 14.1. The van der Waals surface area contributed by atoms with Crippen LogP contribution in [0.2, 0.25) is 0 Å². The van der Waals surface area contributed by atoms with E-state index in [9.17, 15) is 14.7 Å². The highest BCUT2D eigenvalue weighted by Crippen LogP contribution is 2.55. The quantitative estimate of drug-likeness (QED) is 0.488. The molecule has 0 radical (unpaired) electrons. The maximum Gasteiger partial charge on any atom is 0.303 e. The second-order valence-corrected chi connectivity index (χ2v) is 10.9. The molecule has 1 heterocycles. The molecule has 1 saturated heterocycles. The molecule has 32 heavy (non-hydrogen) atoms. The van der Waals surface area contributed by atoms with Gasteiger partial charge in [-0.05, 0) is 45.1 Å². The summed E-state index contributed by atoms with van der Waals surface area (Å²) >= 11 is 0. The molecule has 0 aromatic rings. The number of methoxy groups -OCH3 is 2. The average molecular weight is 453 g/mol. The van der Waals surface area contributed by atoms with Gasteiger partial charge in [-0.3, -0.25) is 9.59 Å². The van der Waals surface area contributed by atoms with Gasteiger partial charge in [0.15, 0.2) is 11.4 Å². The van der Waals surface area contributed by atoms with E-state index in [-0.39, 0.29) is 17.9 Å². The summed E-state index contributed by atoms with van der Waals surface area (Å²) in [5.41, 5.74) is -1.13. The lowest BCUT2D eigenvalue weighted by atomic mass is 9.54. The van der Waals surface area contributed by atoms with Gasteiger partial charge in [0.1, 0.15) is 12.2 Å². The maximum absolute atomic E-state index is 14.1. The lowest BCUT2D eigenvalue weighted by Crippen LogP contribution is -2.62. The number of allylic oxidation sites excluding steroid dienone is 1. The molecule has 3 rings (SSSR count). The average Bonchev–Trinajstić information content (AvgIpc) is 2.71. The fourth-order valence-electron chi connectivity index (χ4n) is 6.17. The van der Waals surface area contributed by atoms with Gasteiger partial charge in [0.25, 0.3) is 0 Å². The van der Waals surface area contributed by atoms with Crippen molar-refractivity contribution in [3.63, 3.8) is 0 Å². The van der Waals surface area contributed by atoms with Crippen LogP contribution >= 0.6 is 0 Å². The molecule has 1 aliphatic heterocycles. The van der Waals surface area contributed by atoms with Crippen molar-refractivity contribution < 1.29 is 33.6 Å². The van der Waals surface area contributed by atoms with E-state index in [4.69, 9.17) is 18.9 Å². The van der Waals surface area contributed by atoms with Crippen LogP contribution in [0.5, 0.6) is 0 Å². The highest BCUT2D eigenvalue weighted by molar-refractivity contribution is 5.92. The van der Waals surface area contributed by atoms with E-state index >= 15 is 0 Å². The van der Waals surface area contributed by atoms with Crippen LogP contribution in [0.3, 0.4) is 0 Å². The smallest absolute Gasteiger partial charge is 0.303 e. The van der Waals surface area contributed by atoms with Crippen LogP contribution in [0.15, 0.2) is 11.1 Å². The van der Waals surface area contributed by atoms with E-state index in [0.29, 0.717) is 32.3 Å². The third-order valence-electron chi connectivity index (χ3n) is 8.62. The van der Waals surface area contributed by atoms with Gasteiger partial charge in [-0.15, -0.1) is 0 Å². The Kier molecular flexibility index (Phi) is 6.73. The number of Topliss-reactive ketones (excluding diaryl/α,β-unsaturated/α-hetero) is 1. The number of hydrogen-bond donors (Lipinski definition) is 1. The molecule has 6 atom stereocenters. The van der Waals surface area contributed by atoms with Crippen LogP contribution in [-0.4, -0.2) is 67.2 Å². The van der Waals surface area contributed by atoms with Crippen molar-refractivity contribution in [2.24, 2.45) is 10.8 Å². The highest BCUT2D eigenvalue weighted by Gasteiger charge is 2.59. The van der Waals surface area contributed by atoms with Gasteiger partial charge in [0.05, 0.1) is 23.7 Å². The molecule has 0 aromatic heterocycles. The van der Waals surface area contributed by atoms with Crippen molar-refractivity contribution in [1.29, 1.82) is 0 Å². The Morgan fingerprint density at radius 1 is 1.19 bits per heavy atom. The summed E-state index contributed by atoms with van der Waals surface area (Å²) in [6.07, 6.45) is 1.16. The first-order chi connectivity index (χ1) is 14.8. The molecule has 6 unspecified atom stereocenters. The van der Waals surface area contributed by atoms with E-state index in [1.54, 1.807) is 14.2 Å². The molecule has 0 aromatic carbocycles. The molecule has 2 bridgehead atoms. The standard InChI is InChI=1S/C25H40O7/c1-15-9-10-25(28)12-11-23(5,21(27)20(30-8)19(15)22(25,3)4)17(29-7)13-18-24(6,14-31-18)32-16(2)26/h17-18,20,28H,9-14H2,1-8H3. The van der Waals surface area contributed by atoms with E-state index in [1.807, 2.05) is 34.6 Å². The molecule has 7 heteroatoms. The van der Waals surface area contributed by atoms with Crippen LogP contribution in [0.1, 0.15) is 73.6 Å². The monoisotopic (exact) mass is 452 g/mol. The molecule has 1 N–H and O–H groups in total. The van der Waals surface area contributed by atoms with Gasteiger partial charge >= 0.3 is 5.97 Å². The number of aliphatic hydroxyl groups is 1. The lowest BCUT2D eigenvalue weighted by molar-refractivity contribution is -0.254. The fraction of sp³-hybridized carbons (Fsp3) is 0.840. The van der Waals surface area contributed by atoms with Crippen LogP contribution in [0, 0.1) is 10.8 Å². The summed E-state index contributed by atoms with van der Waals surface area (Å²) < 4.78 is 23.0. The zero-order valence-electron chi connectivity index (χ0n) is 20.9. The SMILES string of the molecule is COC1C(=O)C(C)(C(CC2OCC2(C)OC(C)=O)OC)CCC2(O)CCC(C)=C1C2(C)C.